The Morgan fingerprint density at radius 1 is 1.11 bits per heavy atom. The van der Waals surface area contributed by atoms with Crippen LogP contribution in [0.25, 0.3) is 22.1 Å². The standard InChI is InChI=1S/C22H22O6/c1-14-19(27-15(2)22(24)26-12-11-25-3)10-9-17-18(13-20(23)28-21(14)17)16-7-5-4-6-8-16/h4-10,13,15H,11-12H2,1-3H3/t15-/m1/s1. The minimum atomic E-state index is -0.808. The van der Waals surface area contributed by atoms with Crippen LogP contribution in [0.3, 0.4) is 0 Å². The maximum absolute atomic E-state index is 12.1. The van der Waals surface area contributed by atoms with Crippen molar-refractivity contribution in [2.75, 3.05) is 20.3 Å². The van der Waals surface area contributed by atoms with Crippen molar-refractivity contribution in [3.8, 4) is 16.9 Å². The van der Waals surface area contributed by atoms with Gasteiger partial charge in [-0.3, -0.25) is 0 Å². The van der Waals surface area contributed by atoms with E-state index in [9.17, 15) is 9.59 Å². The Kier molecular flexibility index (Phi) is 6.11. The summed E-state index contributed by atoms with van der Waals surface area (Å²) in [6.07, 6.45) is -0.808. The molecule has 3 aromatic rings. The molecule has 6 heteroatoms. The lowest BCUT2D eigenvalue weighted by Gasteiger charge is -2.16. The van der Waals surface area contributed by atoms with E-state index < -0.39 is 17.7 Å². The monoisotopic (exact) mass is 382 g/mol. The summed E-state index contributed by atoms with van der Waals surface area (Å²) in [6, 6.07) is 14.7. The largest absolute Gasteiger partial charge is 0.479 e. The number of aryl methyl sites for hydroxylation is 1. The zero-order valence-corrected chi connectivity index (χ0v) is 16.1. The van der Waals surface area contributed by atoms with Gasteiger partial charge in [-0.15, -0.1) is 0 Å². The molecule has 6 nitrogen and oxygen atoms in total. The highest BCUT2D eigenvalue weighted by Gasteiger charge is 2.19. The third-order valence-corrected chi connectivity index (χ3v) is 4.36. The number of rotatable bonds is 7. The normalized spacial score (nSPS) is 12.0. The van der Waals surface area contributed by atoms with E-state index >= 15 is 0 Å². The zero-order chi connectivity index (χ0) is 20.1. The molecule has 2 aromatic carbocycles. The second-order valence-corrected chi connectivity index (χ2v) is 6.33. The molecule has 3 rings (SSSR count). The molecular weight excluding hydrogens is 360 g/mol. The van der Waals surface area contributed by atoms with E-state index in [1.165, 1.54) is 13.2 Å². The number of esters is 1. The summed E-state index contributed by atoms with van der Waals surface area (Å²) in [5, 5.41) is 0.797. The molecule has 0 bridgehead atoms. The number of methoxy groups -OCH3 is 1. The Labute approximate surface area is 162 Å². The molecule has 1 aromatic heterocycles. The van der Waals surface area contributed by atoms with E-state index in [1.807, 2.05) is 36.4 Å². The van der Waals surface area contributed by atoms with Gasteiger partial charge in [-0.1, -0.05) is 30.3 Å². The van der Waals surface area contributed by atoms with Gasteiger partial charge in [0.1, 0.15) is 17.9 Å². The van der Waals surface area contributed by atoms with Crippen LogP contribution in [-0.2, 0) is 14.3 Å². The van der Waals surface area contributed by atoms with E-state index in [0.29, 0.717) is 23.5 Å². The third kappa shape index (κ3) is 4.23. The number of fused-ring (bicyclic) bond motifs is 1. The van der Waals surface area contributed by atoms with Crippen molar-refractivity contribution < 1.29 is 23.4 Å². The van der Waals surface area contributed by atoms with Crippen LogP contribution in [0.2, 0.25) is 0 Å². The summed E-state index contributed by atoms with van der Waals surface area (Å²) in [6.45, 7) is 3.88. The highest BCUT2D eigenvalue weighted by molar-refractivity contribution is 5.95. The number of ether oxygens (including phenoxy) is 3. The van der Waals surface area contributed by atoms with E-state index in [2.05, 4.69) is 0 Å². The summed E-state index contributed by atoms with van der Waals surface area (Å²) in [4.78, 5) is 24.1. The first-order chi connectivity index (χ1) is 13.5. The first kappa shape index (κ1) is 19.6. The highest BCUT2D eigenvalue weighted by atomic mass is 16.6. The van der Waals surface area contributed by atoms with Crippen LogP contribution in [0.4, 0.5) is 0 Å². The van der Waals surface area contributed by atoms with Gasteiger partial charge in [0.2, 0.25) is 0 Å². The van der Waals surface area contributed by atoms with Crippen LogP contribution in [0.15, 0.2) is 57.7 Å². The van der Waals surface area contributed by atoms with Gasteiger partial charge in [-0.25, -0.2) is 9.59 Å². The number of hydrogen-bond donors (Lipinski definition) is 0. The summed E-state index contributed by atoms with van der Waals surface area (Å²) < 4.78 is 21.1. The van der Waals surface area contributed by atoms with E-state index in [4.69, 9.17) is 18.6 Å². The van der Waals surface area contributed by atoms with Crippen LogP contribution in [0.5, 0.6) is 5.75 Å². The minimum Gasteiger partial charge on any atom is -0.479 e. The topological polar surface area (TPSA) is 75.0 Å². The molecule has 0 spiro atoms. The lowest BCUT2D eigenvalue weighted by Crippen LogP contribution is -2.27. The minimum absolute atomic E-state index is 0.162. The predicted octanol–water partition coefficient (Wildman–Crippen LogP) is 3.73. The summed E-state index contributed by atoms with van der Waals surface area (Å²) in [5.41, 5.74) is 2.34. The van der Waals surface area contributed by atoms with Gasteiger partial charge in [0.25, 0.3) is 0 Å². The Morgan fingerprint density at radius 3 is 2.57 bits per heavy atom. The molecule has 0 aliphatic rings. The molecule has 0 saturated carbocycles. The van der Waals surface area contributed by atoms with Gasteiger partial charge in [0, 0.05) is 24.1 Å². The zero-order valence-electron chi connectivity index (χ0n) is 16.1. The molecule has 28 heavy (non-hydrogen) atoms. The Hall–Kier alpha value is -3.12. The Bertz CT molecular complexity index is 1020. The molecule has 0 amide bonds. The molecule has 1 heterocycles. The fourth-order valence-corrected chi connectivity index (χ4v) is 2.91. The molecule has 0 saturated heterocycles. The molecule has 1 atom stereocenters. The molecule has 0 N–H and O–H groups in total. The van der Waals surface area contributed by atoms with Gasteiger partial charge in [0.15, 0.2) is 6.10 Å². The molecule has 146 valence electrons. The smallest absolute Gasteiger partial charge is 0.347 e. The van der Waals surface area contributed by atoms with Crippen LogP contribution >= 0.6 is 0 Å². The van der Waals surface area contributed by atoms with Crippen molar-refractivity contribution in [1.82, 2.24) is 0 Å². The summed E-state index contributed by atoms with van der Waals surface area (Å²) in [7, 11) is 1.53. The molecule has 0 aliphatic heterocycles. The molecule has 0 fully saturated rings. The van der Waals surface area contributed by atoms with Crippen LogP contribution in [0.1, 0.15) is 12.5 Å². The van der Waals surface area contributed by atoms with Crippen molar-refractivity contribution in [2.24, 2.45) is 0 Å². The maximum atomic E-state index is 12.1. The van der Waals surface area contributed by atoms with E-state index in [-0.39, 0.29) is 6.61 Å². The van der Waals surface area contributed by atoms with Gasteiger partial charge in [-0.05, 0) is 37.1 Å². The van der Waals surface area contributed by atoms with Gasteiger partial charge in [-0.2, -0.15) is 0 Å². The molecular formula is C22H22O6. The quantitative estimate of drug-likeness (QED) is 0.352. The first-order valence-electron chi connectivity index (χ1n) is 8.96. The first-order valence-corrected chi connectivity index (χ1v) is 8.96. The van der Waals surface area contributed by atoms with E-state index in [0.717, 1.165) is 16.5 Å². The average Bonchev–Trinajstić information content (AvgIpc) is 2.70. The SMILES string of the molecule is COCCOC(=O)[C@@H](C)Oc1ccc2c(-c3ccccc3)cc(=O)oc2c1C. The van der Waals surface area contributed by atoms with Crippen molar-refractivity contribution in [1.29, 1.82) is 0 Å². The third-order valence-electron chi connectivity index (χ3n) is 4.36. The molecule has 0 radical (unpaired) electrons. The lowest BCUT2D eigenvalue weighted by molar-refractivity contribution is -0.152. The second-order valence-electron chi connectivity index (χ2n) is 6.33. The fraction of sp³-hybridized carbons (Fsp3) is 0.273. The van der Waals surface area contributed by atoms with Gasteiger partial charge < -0.3 is 18.6 Å². The van der Waals surface area contributed by atoms with Crippen LogP contribution < -0.4 is 10.4 Å². The number of carbonyl (C=O) groups is 1. The Balaban J connectivity index is 1.94. The fourth-order valence-electron chi connectivity index (χ4n) is 2.91. The number of benzene rings is 2. The summed E-state index contributed by atoms with van der Waals surface area (Å²) in [5.74, 6) is -0.0342. The molecule has 0 unspecified atom stereocenters. The second kappa shape index (κ2) is 8.71. The van der Waals surface area contributed by atoms with Gasteiger partial charge in [0.05, 0.1) is 6.61 Å². The van der Waals surface area contributed by atoms with Crippen molar-refractivity contribution in [3.05, 3.63) is 64.5 Å². The number of carbonyl (C=O) groups excluding carboxylic acids is 1. The summed E-state index contributed by atoms with van der Waals surface area (Å²) >= 11 is 0. The number of hydrogen-bond acceptors (Lipinski definition) is 6. The predicted molar refractivity (Wildman–Crippen MR) is 106 cm³/mol. The highest BCUT2D eigenvalue weighted by Crippen LogP contribution is 2.33. The van der Waals surface area contributed by atoms with Crippen molar-refractivity contribution in [3.63, 3.8) is 0 Å². The van der Waals surface area contributed by atoms with Crippen LogP contribution in [0, 0.1) is 6.92 Å². The van der Waals surface area contributed by atoms with Crippen molar-refractivity contribution >= 4 is 16.9 Å². The van der Waals surface area contributed by atoms with E-state index in [1.54, 1.807) is 19.9 Å². The lowest BCUT2D eigenvalue weighted by atomic mass is 10.00. The van der Waals surface area contributed by atoms with Crippen molar-refractivity contribution in [2.45, 2.75) is 20.0 Å². The molecule has 0 aliphatic carbocycles. The maximum Gasteiger partial charge on any atom is 0.347 e. The Morgan fingerprint density at radius 2 is 1.86 bits per heavy atom. The van der Waals surface area contributed by atoms with Gasteiger partial charge >= 0.3 is 11.6 Å². The van der Waals surface area contributed by atoms with Crippen LogP contribution in [-0.4, -0.2) is 32.4 Å². The average molecular weight is 382 g/mol.